The normalized spacial score (nSPS) is 20.5. The molecule has 0 aromatic heterocycles. The molecule has 0 bridgehead atoms. The molecule has 0 spiro atoms. The van der Waals surface area contributed by atoms with Crippen molar-refractivity contribution >= 4 is 23.2 Å². The molecular formula is C12H25Cl2NO7. The quantitative estimate of drug-likeness (QED) is 0.180. The molecule has 0 fully saturated rings. The molecule has 0 radical (unpaired) electrons. The molecule has 0 heterocycles. The third kappa shape index (κ3) is 8.21. The van der Waals surface area contributed by atoms with Crippen molar-refractivity contribution in [3.63, 3.8) is 0 Å². The summed E-state index contributed by atoms with van der Waals surface area (Å²) in [7, 11) is 0. The first kappa shape index (κ1) is 22.3. The predicted octanol–water partition coefficient (Wildman–Crippen LogP) is -3.08. The molecule has 0 amide bonds. The summed E-state index contributed by atoms with van der Waals surface area (Å²) in [5, 5.41) is 66.2. The van der Waals surface area contributed by atoms with Gasteiger partial charge in [-0.1, -0.05) is 0 Å². The number of hydrogen-bond acceptors (Lipinski definition) is 8. The summed E-state index contributed by atoms with van der Waals surface area (Å²) in [6.45, 7) is -0.956. The zero-order valence-electron chi connectivity index (χ0n) is 12.0. The monoisotopic (exact) mass is 365 g/mol. The van der Waals surface area contributed by atoms with Crippen LogP contribution in [-0.4, -0.2) is 115 Å². The molecule has 0 aromatic rings. The zero-order valence-corrected chi connectivity index (χ0v) is 13.6. The molecule has 0 saturated heterocycles. The van der Waals surface area contributed by atoms with E-state index < -0.39 is 43.2 Å². The molecule has 10 heteroatoms. The Labute approximate surface area is 139 Å². The molecule has 0 saturated carbocycles. The summed E-state index contributed by atoms with van der Waals surface area (Å²) in [5.41, 5.74) is 0. The molecule has 22 heavy (non-hydrogen) atoms. The molecule has 6 atom stereocenters. The number of halogens is 2. The van der Waals surface area contributed by atoms with E-state index in [2.05, 4.69) is 0 Å². The molecule has 7 N–H and O–H groups in total. The third-order valence-corrected chi connectivity index (χ3v) is 3.78. The van der Waals surface area contributed by atoms with E-state index in [0.717, 1.165) is 0 Å². The van der Waals surface area contributed by atoms with Gasteiger partial charge >= 0.3 is 0 Å². The van der Waals surface area contributed by atoms with Gasteiger partial charge in [-0.3, -0.25) is 4.90 Å². The summed E-state index contributed by atoms with van der Waals surface area (Å²) in [6, 6.07) is 0. The van der Waals surface area contributed by atoms with Crippen molar-refractivity contribution in [2.45, 2.75) is 36.6 Å². The Morgan fingerprint density at radius 1 is 0.682 bits per heavy atom. The SMILES string of the molecule is OC[C@@H](O)[C@@H](O)[C@H](O)[C@@H](O)CN(CC(O)CCl)CC(O)CCl. The Balaban J connectivity index is 4.67. The molecule has 0 aliphatic rings. The van der Waals surface area contributed by atoms with E-state index in [0.29, 0.717) is 0 Å². The lowest BCUT2D eigenvalue weighted by Crippen LogP contribution is -2.51. The van der Waals surface area contributed by atoms with Crippen LogP contribution < -0.4 is 0 Å². The van der Waals surface area contributed by atoms with Crippen LogP contribution in [0.2, 0.25) is 0 Å². The highest BCUT2D eigenvalue weighted by Gasteiger charge is 2.31. The highest BCUT2D eigenvalue weighted by atomic mass is 35.5. The number of alkyl halides is 2. The molecule has 0 rings (SSSR count). The van der Waals surface area contributed by atoms with Gasteiger partial charge in [0.2, 0.25) is 0 Å². The Morgan fingerprint density at radius 2 is 1.09 bits per heavy atom. The van der Waals surface area contributed by atoms with E-state index >= 15 is 0 Å². The fraction of sp³-hybridized carbons (Fsp3) is 1.00. The molecule has 0 aliphatic heterocycles. The summed E-state index contributed by atoms with van der Waals surface area (Å²) in [4.78, 5) is 1.42. The first-order chi connectivity index (χ1) is 10.3. The van der Waals surface area contributed by atoms with Gasteiger partial charge < -0.3 is 35.7 Å². The van der Waals surface area contributed by atoms with Crippen LogP contribution in [0.25, 0.3) is 0 Å². The van der Waals surface area contributed by atoms with Crippen molar-refractivity contribution in [2.24, 2.45) is 0 Å². The average molecular weight is 366 g/mol. The topological polar surface area (TPSA) is 145 Å². The number of hydrogen-bond donors (Lipinski definition) is 7. The number of nitrogens with zero attached hydrogens (tertiary/aromatic N) is 1. The lowest BCUT2D eigenvalue weighted by atomic mass is 10.0. The second-order valence-electron chi connectivity index (χ2n) is 5.13. The lowest BCUT2D eigenvalue weighted by Gasteiger charge is -2.32. The van der Waals surface area contributed by atoms with Gasteiger partial charge in [0.05, 0.1) is 24.9 Å². The smallest absolute Gasteiger partial charge is 0.111 e. The average Bonchev–Trinajstić information content (AvgIpc) is 2.51. The van der Waals surface area contributed by atoms with Crippen LogP contribution in [0.3, 0.4) is 0 Å². The van der Waals surface area contributed by atoms with Crippen molar-refractivity contribution in [3.8, 4) is 0 Å². The molecule has 0 aromatic carbocycles. The van der Waals surface area contributed by atoms with Gasteiger partial charge in [0.15, 0.2) is 0 Å². The summed E-state index contributed by atoms with van der Waals surface area (Å²) >= 11 is 11.0. The number of aliphatic hydroxyl groups is 7. The minimum atomic E-state index is -1.74. The van der Waals surface area contributed by atoms with Gasteiger partial charge in [0.25, 0.3) is 0 Å². The van der Waals surface area contributed by atoms with Crippen LogP contribution in [0.4, 0.5) is 0 Å². The van der Waals surface area contributed by atoms with E-state index in [1.54, 1.807) is 0 Å². The van der Waals surface area contributed by atoms with Gasteiger partial charge in [-0.2, -0.15) is 0 Å². The maximum Gasteiger partial charge on any atom is 0.111 e. The Bertz CT molecular complexity index is 278. The Morgan fingerprint density at radius 3 is 1.45 bits per heavy atom. The Kier molecular flexibility index (Phi) is 11.9. The van der Waals surface area contributed by atoms with E-state index in [1.807, 2.05) is 0 Å². The number of rotatable bonds is 12. The number of aliphatic hydroxyl groups excluding tert-OH is 7. The van der Waals surface area contributed by atoms with Crippen LogP contribution in [0, 0.1) is 0 Å². The summed E-state index contributed by atoms with van der Waals surface area (Å²) < 4.78 is 0. The van der Waals surface area contributed by atoms with Crippen LogP contribution >= 0.6 is 23.2 Å². The Hall–Kier alpha value is 0.260. The standard InChI is InChI=1S/C12H25Cl2NO7/c13-1-7(17)3-15(4-8(18)2-14)5-9(19)11(21)12(22)10(20)6-16/h7-12,16-22H,1-6H2/t7?,8?,9-,10+,11+,12+/m0/s1. The van der Waals surface area contributed by atoms with Crippen molar-refractivity contribution in [1.82, 2.24) is 4.90 Å². The van der Waals surface area contributed by atoms with E-state index in [-0.39, 0.29) is 31.4 Å². The maximum absolute atomic E-state index is 9.90. The summed E-state index contributed by atoms with van der Waals surface area (Å²) in [6.07, 6.45) is -8.37. The van der Waals surface area contributed by atoms with E-state index in [1.165, 1.54) is 4.90 Å². The first-order valence-corrected chi connectivity index (χ1v) is 7.87. The minimum absolute atomic E-state index is 0.0138. The maximum atomic E-state index is 9.90. The van der Waals surface area contributed by atoms with Gasteiger partial charge in [-0.25, -0.2) is 0 Å². The zero-order chi connectivity index (χ0) is 17.3. The van der Waals surface area contributed by atoms with Gasteiger partial charge in [0, 0.05) is 31.4 Å². The largest absolute Gasteiger partial charge is 0.394 e. The fourth-order valence-electron chi connectivity index (χ4n) is 1.85. The van der Waals surface area contributed by atoms with E-state index in [4.69, 9.17) is 28.3 Å². The molecule has 134 valence electrons. The second kappa shape index (κ2) is 11.7. The second-order valence-corrected chi connectivity index (χ2v) is 5.75. The fourth-order valence-corrected chi connectivity index (χ4v) is 2.05. The summed E-state index contributed by atoms with van der Waals surface area (Å²) in [5.74, 6) is -0.115. The van der Waals surface area contributed by atoms with Crippen molar-refractivity contribution in [3.05, 3.63) is 0 Å². The highest BCUT2D eigenvalue weighted by molar-refractivity contribution is 6.18. The predicted molar refractivity (Wildman–Crippen MR) is 81.0 cm³/mol. The molecule has 0 aliphatic carbocycles. The van der Waals surface area contributed by atoms with Crippen LogP contribution in [0.5, 0.6) is 0 Å². The van der Waals surface area contributed by atoms with Gasteiger partial charge in [0.1, 0.15) is 18.3 Å². The molecular weight excluding hydrogens is 341 g/mol. The van der Waals surface area contributed by atoms with Crippen LogP contribution in [-0.2, 0) is 0 Å². The van der Waals surface area contributed by atoms with Gasteiger partial charge in [-0.15, -0.1) is 23.2 Å². The van der Waals surface area contributed by atoms with E-state index in [9.17, 15) is 30.6 Å². The molecule has 8 nitrogen and oxygen atoms in total. The lowest BCUT2D eigenvalue weighted by molar-refractivity contribution is -0.121. The minimum Gasteiger partial charge on any atom is -0.394 e. The van der Waals surface area contributed by atoms with Crippen molar-refractivity contribution < 1.29 is 35.7 Å². The molecule has 2 unspecified atom stereocenters. The highest BCUT2D eigenvalue weighted by Crippen LogP contribution is 2.08. The third-order valence-electron chi connectivity index (χ3n) is 3.06. The first-order valence-electron chi connectivity index (χ1n) is 6.80. The van der Waals surface area contributed by atoms with Crippen molar-refractivity contribution in [1.29, 1.82) is 0 Å². The van der Waals surface area contributed by atoms with Crippen molar-refractivity contribution in [2.75, 3.05) is 38.0 Å². The van der Waals surface area contributed by atoms with Crippen LogP contribution in [0.15, 0.2) is 0 Å². The van der Waals surface area contributed by atoms with Gasteiger partial charge in [-0.05, 0) is 0 Å². The van der Waals surface area contributed by atoms with Crippen LogP contribution in [0.1, 0.15) is 0 Å².